The topological polar surface area (TPSA) is 125 Å². The molecule has 13 nitrogen and oxygen atoms in total. The summed E-state index contributed by atoms with van der Waals surface area (Å²) in [5.41, 5.74) is 20.0. The number of fused-ring (bicyclic) bond motifs is 3. The number of methoxy groups -OCH3 is 1. The van der Waals surface area contributed by atoms with E-state index >= 15 is 0 Å². The Morgan fingerprint density at radius 1 is 0.422 bits per heavy atom. The van der Waals surface area contributed by atoms with Gasteiger partial charge in [-0.3, -0.25) is 24.8 Å². The van der Waals surface area contributed by atoms with Gasteiger partial charge in [0, 0.05) is 71.4 Å². The number of carbonyl (C=O) groups excluding carboxylic acids is 1. The number of halogens is 7. The molecule has 0 N–H and O–H groups in total. The lowest BCUT2D eigenvalue weighted by molar-refractivity contribution is 0.0599. The number of likely N-dealkylation sites (tertiary alicyclic amines) is 2. The van der Waals surface area contributed by atoms with Crippen molar-refractivity contribution in [2.24, 2.45) is 0 Å². The summed E-state index contributed by atoms with van der Waals surface area (Å²) in [5.74, 6) is 2.28. The van der Waals surface area contributed by atoms with Gasteiger partial charge in [-0.1, -0.05) is 107 Å². The molecule has 109 heavy (non-hydrogen) atoms. The lowest BCUT2D eigenvalue weighted by Gasteiger charge is -2.32. The smallest absolute Gasteiger partial charge is 0.338 e. The fourth-order valence-corrected chi connectivity index (χ4v) is 15.9. The third-order valence-electron chi connectivity index (χ3n) is 20.6. The molecule has 8 aromatic carbocycles. The van der Waals surface area contributed by atoms with Gasteiger partial charge >= 0.3 is 5.97 Å². The number of aromatic nitrogens is 9. The molecule has 14 aromatic rings. The monoisotopic (exact) mass is 1530 g/mol. The third kappa shape index (κ3) is 18.8. The van der Waals surface area contributed by atoms with E-state index in [9.17, 15) is 18.0 Å². The molecule has 554 valence electrons. The molecule has 16 rings (SSSR count). The summed E-state index contributed by atoms with van der Waals surface area (Å²) < 4.78 is 51.5. The van der Waals surface area contributed by atoms with Crippen LogP contribution in [0.2, 0.25) is 20.1 Å². The van der Waals surface area contributed by atoms with Crippen LogP contribution in [0, 0.1) is 38.2 Å². The van der Waals surface area contributed by atoms with Gasteiger partial charge in [-0.15, -0.1) is 0 Å². The summed E-state index contributed by atoms with van der Waals surface area (Å²) in [5, 5.41) is 2.82. The van der Waals surface area contributed by atoms with Gasteiger partial charge in [0.15, 0.2) is 17.5 Å². The standard InChI is InChI=1S/2C33H31Cl2FN4.C23H20FN3O2/c2*1-22-8-12-37-31(16-22)33-38-30-17-24(4-7-32(30)40(33)15-9-23-2-5-29(36)6-3-23)21-39-13-10-25(11-14-39)26-18-27(34)20-28(35)19-26;1-15-14-25-20(13-18(15)23(28)29-2)22-26-19-5-3-4-6-21(19)27(22)12-11-16-7-9-17(24)10-8-16/h2*2-8,12,16-20,25H,9-11,13-15,21H2,1H3;3-10,13-14H,11-12H2,1-2H3. The number of aryl methyl sites for hydroxylation is 9. The second-order valence-electron chi connectivity index (χ2n) is 28.3. The Labute approximate surface area is 653 Å². The predicted molar refractivity (Wildman–Crippen MR) is 432 cm³/mol. The normalized spacial score (nSPS) is 13.7. The Balaban J connectivity index is 0.000000139. The number of ether oxygens (including phenoxy) is 1. The molecule has 0 unspecified atom stereocenters. The highest BCUT2D eigenvalue weighted by atomic mass is 35.5. The number of benzene rings is 8. The summed E-state index contributed by atoms with van der Waals surface area (Å²) in [4.78, 5) is 45.8. The maximum atomic E-state index is 13.4. The molecule has 2 aliphatic heterocycles. The van der Waals surface area contributed by atoms with Crippen molar-refractivity contribution in [3.8, 4) is 34.6 Å². The van der Waals surface area contributed by atoms with Crippen molar-refractivity contribution in [3.63, 3.8) is 0 Å². The SMILES string of the molecule is COC(=O)c1cc(-c2nc3ccccc3n2CCc2ccc(F)cc2)ncc1C.Cc1ccnc(-c2nc3cc(CN4CCC(c5cc(Cl)cc(Cl)c5)CC4)ccc3n2CCc2ccc(F)cc2)c1.Cc1ccnc(-c2nc3cc(CN4CCC(c5cc(Cl)cc(Cl)c5)CC4)ccc3n2CCc2ccc(F)cc2)c1. The molecule has 0 spiro atoms. The molecule has 0 bridgehead atoms. The van der Waals surface area contributed by atoms with E-state index in [-0.39, 0.29) is 17.5 Å². The maximum Gasteiger partial charge on any atom is 0.338 e. The van der Waals surface area contributed by atoms with Crippen LogP contribution in [-0.2, 0) is 56.7 Å². The van der Waals surface area contributed by atoms with E-state index in [1.807, 2.05) is 80.0 Å². The zero-order chi connectivity index (χ0) is 75.7. The molecule has 0 saturated carbocycles. The summed E-state index contributed by atoms with van der Waals surface area (Å²) in [6.45, 7) is 13.9. The van der Waals surface area contributed by atoms with Gasteiger partial charge in [0.25, 0.3) is 0 Å². The Bertz CT molecular complexity index is 5250. The fourth-order valence-electron chi connectivity index (χ4n) is 14.8. The quantitative estimate of drug-likeness (QED) is 0.0723. The second-order valence-corrected chi connectivity index (χ2v) is 30.1. The molecule has 20 heteroatoms. The highest BCUT2D eigenvalue weighted by molar-refractivity contribution is 6.35. The van der Waals surface area contributed by atoms with Crippen LogP contribution in [0.25, 0.3) is 67.7 Å². The average Bonchev–Trinajstić information content (AvgIpc) is 1.65. The number of hydrogen-bond donors (Lipinski definition) is 0. The fraction of sp³-hybridized carbons (Fsp3) is 0.247. The Morgan fingerprint density at radius 2 is 0.789 bits per heavy atom. The molecular weight excluding hydrogens is 1450 g/mol. The van der Waals surface area contributed by atoms with Crippen molar-refractivity contribution in [2.75, 3.05) is 33.3 Å². The lowest BCUT2D eigenvalue weighted by atomic mass is 9.89. The van der Waals surface area contributed by atoms with Crippen LogP contribution in [0.3, 0.4) is 0 Å². The van der Waals surface area contributed by atoms with Crippen LogP contribution in [-0.4, -0.2) is 92.7 Å². The van der Waals surface area contributed by atoms with Crippen LogP contribution < -0.4 is 0 Å². The highest BCUT2D eigenvalue weighted by Crippen LogP contribution is 2.37. The number of hydrogen-bond acceptors (Lipinski definition) is 10. The van der Waals surface area contributed by atoms with E-state index in [2.05, 4.69) is 125 Å². The number of esters is 1. The summed E-state index contributed by atoms with van der Waals surface area (Å²) in [6, 6.07) is 62.7. The molecule has 0 atom stereocenters. The van der Waals surface area contributed by atoms with Gasteiger partial charge in [-0.05, 0) is 299 Å². The van der Waals surface area contributed by atoms with E-state index in [0.717, 1.165) is 180 Å². The van der Waals surface area contributed by atoms with Gasteiger partial charge in [-0.2, -0.15) is 0 Å². The van der Waals surface area contributed by atoms with E-state index in [1.165, 1.54) is 65.8 Å². The van der Waals surface area contributed by atoms with Crippen LogP contribution in [0.15, 0.2) is 219 Å². The van der Waals surface area contributed by atoms with Crippen LogP contribution in [0.1, 0.15) is 104 Å². The minimum absolute atomic E-state index is 0.216. The number of rotatable bonds is 19. The number of piperidine rings is 2. The summed E-state index contributed by atoms with van der Waals surface area (Å²) in [7, 11) is 1.36. The Morgan fingerprint density at radius 3 is 1.18 bits per heavy atom. The van der Waals surface area contributed by atoms with Crippen LogP contribution >= 0.6 is 46.4 Å². The highest BCUT2D eigenvalue weighted by Gasteiger charge is 2.26. The molecule has 2 fully saturated rings. The van der Waals surface area contributed by atoms with Crippen LogP contribution in [0.4, 0.5) is 13.2 Å². The predicted octanol–water partition coefficient (Wildman–Crippen LogP) is 21.5. The van der Waals surface area contributed by atoms with Gasteiger partial charge in [0.2, 0.25) is 0 Å². The second kappa shape index (κ2) is 34.7. The largest absolute Gasteiger partial charge is 0.465 e. The van der Waals surface area contributed by atoms with E-state index in [0.29, 0.717) is 62.0 Å². The number of pyridine rings is 3. The average molecular weight is 1540 g/mol. The molecule has 0 aliphatic carbocycles. The van der Waals surface area contributed by atoms with Gasteiger partial charge < -0.3 is 18.4 Å². The minimum atomic E-state index is -0.403. The van der Waals surface area contributed by atoms with Crippen molar-refractivity contribution >= 4 is 85.5 Å². The molecule has 0 radical (unpaired) electrons. The molecule has 6 aromatic heterocycles. The molecule has 8 heterocycles. The zero-order valence-corrected chi connectivity index (χ0v) is 64.2. The van der Waals surface area contributed by atoms with Gasteiger partial charge in [0.1, 0.15) is 34.5 Å². The summed E-state index contributed by atoms with van der Waals surface area (Å²) in [6.07, 6.45) is 11.9. The zero-order valence-electron chi connectivity index (χ0n) is 61.1. The first kappa shape index (κ1) is 75.8. The van der Waals surface area contributed by atoms with Crippen molar-refractivity contribution < 1.29 is 22.7 Å². The molecule has 0 amide bonds. The summed E-state index contributed by atoms with van der Waals surface area (Å²) >= 11 is 25.0. The van der Waals surface area contributed by atoms with Gasteiger partial charge in [0.05, 0.1) is 45.8 Å². The molecular formula is C89H82Cl4F3N11O2. The van der Waals surface area contributed by atoms with Crippen molar-refractivity contribution in [3.05, 3.63) is 318 Å². The van der Waals surface area contributed by atoms with E-state index < -0.39 is 5.97 Å². The molecule has 2 saturated heterocycles. The number of nitrogens with zero attached hydrogens (tertiary/aromatic N) is 11. The first-order valence-corrected chi connectivity index (χ1v) is 38.4. The first-order chi connectivity index (χ1) is 52.9. The minimum Gasteiger partial charge on any atom is -0.465 e. The van der Waals surface area contributed by atoms with E-state index in [1.54, 1.807) is 36.5 Å². The van der Waals surface area contributed by atoms with Crippen molar-refractivity contribution in [1.29, 1.82) is 0 Å². The van der Waals surface area contributed by atoms with E-state index in [4.69, 9.17) is 66.1 Å². The van der Waals surface area contributed by atoms with Crippen molar-refractivity contribution in [2.45, 2.75) is 110 Å². The number of carbonyl (C=O) groups is 1. The third-order valence-corrected chi connectivity index (χ3v) is 21.5. The Kier molecular flexibility index (Phi) is 24.1. The Hall–Kier alpha value is -10.0. The maximum absolute atomic E-state index is 13.4. The first-order valence-electron chi connectivity index (χ1n) is 36.8. The molecule has 2 aliphatic rings. The van der Waals surface area contributed by atoms with Gasteiger partial charge in [-0.25, -0.2) is 32.9 Å². The number of para-hydroxylation sites is 2. The lowest BCUT2D eigenvalue weighted by Crippen LogP contribution is -2.32. The van der Waals surface area contributed by atoms with Crippen LogP contribution in [0.5, 0.6) is 0 Å². The van der Waals surface area contributed by atoms with Crippen molar-refractivity contribution in [1.82, 2.24) is 53.4 Å². The number of imidazole rings is 3.